The number of hydrogen-bond donors (Lipinski definition) is 1. The van der Waals surface area contributed by atoms with Crippen LogP contribution < -0.4 is 5.56 Å². The maximum absolute atomic E-state index is 13.3. The van der Waals surface area contributed by atoms with Gasteiger partial charge in [0.1, 0.15) is 5.52 Å². The first kappa shape index (κ1) is 7.91. The van der Waals surface area contributed by atoms with Crippen molar-refractivity contribution in [1.82, 2.24) is 9.97 Å². The van der Waals surface area contributed by atoms with Gasteiger partial charge < -0.3 is 4.98 Å². The average molecular weight is 178 g/mol. The molecule has 0 atom stereocenters. The number of aryl methyl sites for hydroxylation is 1. The number of rotatable bonds is 0. The highest BCUT2D eigenvalue weighted by Gasteiger charge is 2.04. The Kier molecular flexibility index (Phi) is 1.62. The molecule has 0 fully saturated rings. The standard InChI is InChI=1S/C9H7FN2O/c1-5-2-3-6-9(8(5)10)11-4-7(13)12-6/h2-4H,1H3,(H,12,13). The molecule has 0 aliphatic rings. The fourth-order valence-corrected chi connectivity index (χ4v) is 1.18. The van der Waals surface area contributed by atoms with Crippen molar-refractivity contribution in [3.63, 3.8) is 0 Å². The molecule has 0 bridgehead atoms. The molecule has 66 valence electrons. The molecular weight excluding hydrogens is 171 g/mol. The number of nitrogens with zero attached hydrogens (tertiary/aromatic N) is 1. The Labute approximate surface area is 73.2 Å². The van der Waals surface area contributed by atoms with Gasteiger partial charge >= 0.3 is 0 Å². The third-order valence-electron chi connectivity index (χ3n) is 1.88. The van der Waals surface area contributed by atoms with Crippen molar-refractivity contribution in [2.24, 2.45) is 0 Å². The summed E-state index contributed by atoms with van der Waals surface area (Å²) in [5.41, 5.74) is 0.831. The van der Waals surface area contributed by atoms with Crippen LogP contribution in [0.4, 0.5) is 4.39 Å². The Morgan fingerprint density at radius 2 is 2.23 bits per heavy atom. The number of aromatic amines is 1. The minimum Gasteiger partial charge on any atom is -0.319 e. The predicted octanol–water partition coefficient (Wildman–Crippen LogP) is 1.37. The molecule has 1 heterocycles. The molecule has 2 rings (SSSR count). The summed E-state index contributed by atoms with van der Waals surface area (Å²) in [6, 6.07) is 3.25. The van der Waals surface area contributed by atoms with E-state index < -0.39 is 0 Å². The second kappa shape index (κ2) is 2.65. The quantitative estimate of drug-likeness (QED) is 0.662. The molecule has 0 radical (unpaired) electrons. The number of hydrogen-bond acceptors (Lipinski definition) is 2. The lowest BCUT2D eigenvalue weighted by Gasteiger charge is -1.99. The molecule has 0 aliphatic carbocycles. The lowest BCUT2D eigenvalue weighted by molar-refractivity contribution is 0.627. The Morgan fingerprint density at radius 3 is 3.00 bits per heavy atom. The van der Waals surface area contributed by atoms with Crippen LogP contribution >= 0.6 is 0 Å². The van der Waals surface area contributed by atoms with Gasteiger partial charge in [-0.05, 0) is 18.6 Å². The molecule has 1 aromatic heterocycles. The van der Waals surface area contributed by atoms with Crippen molar-refractivity contribution in [1.29, 1.82) is 0 Å². The molecule has 0 amide bonds. The Hall–Kier alpha value is -1.71. The normalized spacial score (nSPS) is 10.6. The van der Waals surface area contributed by atoms with E-state index in [0.717, 1.165) is 6.20 Å². The van der Waals surface area contributed by atoms with Gasteiger partial charge in [0.05, 0.1) is 11.7 Å². The zero-order chi connectivity index (χ0) is 9.42. The number of benzene rings is 1. The van der Waals surface area contributed by atoms with E-state index in [9.17, 15) is 9.18 Å². The molecule has 4 heteroatoms. The number of aromatic nitrogens is 2. The molecular formula is C9H7FN2O. The van der Waals surface area contributed by atoms with Crippen LogP contribution in [0.3, 0.4) is 0 Å². The fraction of sp³-hybridized carbons (Fsp3) is 0.111. The van der Waals surface area contributed by atoms with Crippen LogP contribution in [0.1, 0.15) is 5.56 Å². The molecule has 13 heavy (non-hydrogen) atoms. The maximum Gasteiger partial charge on any atom is 0.266 e. The van der Waals surface area contributed by atoms with E-state index in [4.69, 9.17) is 0 Å². The molecule has 0 saturated carbocycles. The first-order chi connectivity index (χ1) is 6.18. The van der Waals surface area contributed by atoms with Crippen LogP contribution in [0.2, 0.25) is 0 Å². The monoisotopic (exact) mass is 178 g/mol. The average Bonchev–Trinajstić information content (AvgIpc) is 2.12. The van der Waals surface area contributed by atoms with Crippen molar-refractivity contribution >= 4 is 11.0 Å². The summed E-state index contributed by atoms with van der Waals surface area (Å²) in [4.78, 5) is 17.1. The Bertz CT molecular complexity index is 518. The van der Waals surface area contributed by atoms with E-state index in [0.29, 0.717) is 11.1 Å². The lowest BCUT2D eigenvalue weighted by Crippen LogP contribution is -2.05. The number of H-pyrrole nitrogens is 1. The van der Waals surface area contributed by atoms with Gasteiger partial charge in [0.15, 0.2) is 5.82 Å². The smallest absolute Gasteiger partial charge is 0.266 e. The summed E-state index contributed by atoms with van der Waals surface area (Å²) >= 11 is 0. The summed E-state index contributed by atoms with van der Waals surface area (Å²) < 4.78 is 13.3. The van der Waals surface area contributed by atoms with Crippen molar-refractivity contribution < 1.29 is 4.39 Å². The van der Waals surface area contributed by atoms with Gasteiger partial charge in [-0.25, -0.2) is 9.37 Å². The van der Waals surface area contributed by atoms with Gasteiger partial charge in [0.2, 0.25) is 0 Å². The van der Waals surface area contributed by atoms with E-state index in [1.54, 1.807) is 19.1 Å². The van der Waals surface area contributed by atoms with Crippen molar-refractivity contribution in [3.05, 3.63) is 40.1 Å². The summed E-state index contributed by atoms with van der Waals surface area (Å²) in [7, 11) is 0. The second-order valence-electron chi connectivity index (χ2n) is 2.84. The van der Waals surface area contributed by atoms with E-state index in [2.05, 4.69) is 9.97 Å². The summed E-state index contributed by atoms with van der Waals surface area (Å²) in [6.45, 7) is 1.65. The highest BCUT2D eigenvalue weighted by atomic mass is 19.1. The topological polar surface area (TPSA) is 45.8 Å². The Balaban J connectivity index is 2.95. The van der Waals surface area contributed by atoms with Crippen LogP contribution in [0.5, 0.6) is 0 Å². The maximum atomic E-state index is 13.3. The Morgan fingerprint density at radius 1 is 1.46 bits per heavy atom. The SMILES string of the molecule is Cc1ccc2[nH]c(=O)cnc2c1F. The molecule has 0 unspecified atom stereocenters. The number of nitrogens with one attached hydrogen (secondary N) is 1. The van der Waals surface area contributed by atoms with Gasteiger partial charge in [-0.15, -0.1) is 0 Å². The van der Waals surface area contributed by atoms with Gasteiger partial charge in [-0.3, -0.25) is 4.79 Å². The van der Waals surface area contributed by atoms with E-state index in [1.165, 1.54) is 0 Å². The zero-order valence-corrected chi connectivity index (χ0v) is 6.97. The van der Waals surface area contributed by atoms with Crippen LogP contribution in [-0.4, -0.2) is 9.97 Å². The van der Waals surface area contributed by atoms with Gasteiger partial charge in [-0.2, -0.15) is 0 Å². The van der Waals surface area contributed by atoms with Crippen LogP contribution in [-0.2, 0) is 0 Å². The van der Waals surface area contributed by atoms with E-state index in [-0.39, 0.29) is 16.9 Å². The third-order valence-corrected chi connectivity index (χ3v) is 1.88. The highest BCUT2D eigenvalue weighted by molar-refractivity contribution is 5.75. The number of fused-ring (bicyclic) bond motifs is 1. The molecule has 0 aliphatic heterocycles. The number of halogens is 1. The van der Waals surface area contributed by atoms with Gasteiger partial charge in [-0.1, -0.05) is 6.07 Å². The molecule has 0 saturated heterocycles. The predicted molar refractivity (Wildman–Crippen MR) is 47.1 cm³/mol. The lowest BCUT2D eigenvalue weighted by atomic mass is 10.2. The summed E-state index contributed by atoms with van der Waals surface area (Å²) in [5.74, 6) is -0.381. The summed E-state index contributed by atoms with van der Waals surface area (Å²) in [6.07, 6.45) is 1.07. The van der Waals surface area contributed by atoms with Crippen LogP contribution in [0, 0.1) is 12.7 Å². The third kappa shape index (κ3) is 1.20. The second-order valence-corrected chi connectivity index (χ2v) is 2.84. The zero-order valence-electron chi connectivity index (χ0n) is 6.97. The van der Waals surface area contributed by atoms with Crippen molar-refractivity contribution in [3.8, 4) is 0 Å². The molecule has 2 aromatic rings. The van der Waals surface area contributed by atoms with Crippen LogP contribution in [0.25, 0.3) is 11.0 Å². The van der Waals surface area contributed by atoms with Gasteiger partial charge in [0.25, 0.3) is 5.56 Å². The van der Waals surface area contributed by atoms with Crippen molar-refractivity contribution in [2.75, 3.05) is 0 Å². The highest BCUT2D eigenvalue weighted by Crippen LogP contribution is 2.14. The van der Waals surface area contributed by atoms with E-state index in [1.807, 2.05) is 0 Å². The van der Waals surface area contributed by atoms with E-state index >= 15 is 0 Å². The minimum atomic E-state index is -0.381. The fourth-order valence-electron chi connectivity index (χ4n) is 1.18. The summed E-state index contributed by atoms with van der Waals surface area (Å²) in [5, 5.41) is 0. The molecule has 0 spiro atoms. The first-order valence-corrected chi connectivity index (χ1v) is 3.82. The molecule has 3 nitrogen and oxygen atoms in total. The first-order valence-electron chi connectivity index (χ1n) is 3.82. The molecule has 1 aromatic carbocycles. The molecule has 1 N–H and O–H groups in total. The van der Waals surface area contributed by atoms with Gasteiger partial charge in [0, 0.05) is 0 Å². The van der Waals surface area contributed by atoms with Crippen LogP contribution in [0.15, 0.2) is 23.1 Å². The largest absolute Gasteiger partial charge is 0.319 e. The minimum absolute atomic E-state index is 0.208. The van der Waals surface area contributed by atoms with Crippen molar-refractivity contribution in [2.45, 2.75) is 6.92 Å².